The van der Waals surface area contributed by atoms with Gasteiger partial charge in [-0.25, -0.2) is 13.2 Å². The lowest BCUT2D eigenvalue weighted by Gasteiger charge is -2.23. The van der Waals surface area contributed by atoms with Crippen LogP contribution in [0.1, 0.15) is 22.8 Å². The Balaban J connectivity index is 2.18. The fourth-order valence-corrected chi connectivity index (χ4v) is 3.17. The summed E-state index contributed by atoms with van der Waals surface area (Å²) >= 11 is 0. The number of hydrogen-bond donors (Lipinski definition) is 0. The minimum atomic E-state index is -3.66. The van der Waals surface area contributed by atoms with Gasteiger partial charge >= 0.3 is 5.97 Å². The molecule has 0 bridgehead atoms. The smallest absolute Gasteiger partial charge is 0.332 e. The SMILES string of the molecule is CC(=O)c1ccc(OC(=O)CN(c2ccccc2C)S(C)(=O)=O)cc1. The van der Waals surface area contributed by atoms with Crippen LogP contribution in [0.2, 0.25) is 0 Å². The standard InChI is InChI=1S/C18H19NO5S/c1-13-6-4-5-7-17(13)19(25(3,22)23)12-18(21)24-16-10-8-15(9-11-16)14(2)20/h4-11H,12H2,1-3H3. The highest BCUT2D eigenvalue weighted by molar-refractivity contribution is 7.92. The van der Waals surface area contributed by atoms with Crippen LogP contribution in [0.3, 0.4) is 0 Å². The number of carbonyl (C=O) groups excluding carboxylic acids is 2. The van der Waals surface area contributed by atoms with Crippen LogP contribution >= 0.6 is 0 Å². The lowest BCUT2D eigenvalue weighted by atomic mass is 10.1. The highest BCUT2D eigenvalue weighted by atomic mass is 32.2. The average molecular weight is 361 g/mol. The van der Waals surface area contributed by atoms with E-state index in [1.165, 1.54) is 19.1 Å². The summed E-state index contributed by atoms with van der Waals surface area (Å²) in [7, 11) is -3.66. The number of para-hydroxylation sites is 1. The maximum atomic E-state index is 12.2. The zero-order valence-electron chi connectivity index (χ0n) is 14.2. The van der Waals surface area contributed by atoms with Crippen molar-refractivity contribution in [2.45, 2.75) is 13.8 Å². The zero-order valence-corrected chi connectivity index (χ0v) is 15.0. The quantitative estimate of drug-likeness (QED) is 0.449. The maximum absolute atomic E-state index is 12.2. The molecule has 0 aliphatic rings. The Morgan fingerprint density at radius 2 is 1.64 bits per heavy atom. The molecule has 0 unspecified atom stereocenters. The van der Waals surface area contributed by atoms with E-state index < -0.39 is 22.5 Å². The van der Waals surface area contributed by atoms with Gasteiger partial charge in [0.25, 0.3) is 0 Å². The van der Waals surface area contributed by atoms with Gasteiger partial charge in [-0.15, -0.1) is 0 Å². The predicted octanol–water partition coefficient (Wildman–Crippen LogP) is 2.57. The summed E-state index contributed by atoms with van der Waals surface area (Å²) in [5.41, 5.74) is 1.65. The Kier molecular flexibility index (Phi) is 5.58. The molecule has 0 N–H and O–H groups in total. The molecule has 0 amide bonds. The first kappa shape index (κ1) is 18.7. The molecular formula is C18H19NO5S. The first-order chi connectivity index (χ1) is 11.7. The van der Waals surface area contributed by atoms with Gasteiger partial charge in [-0.2, -0.15) is 0 Å². The van der Waals surface area contributed by atoms with Gasteiger partial charge in [0.2, 0.25) is 10.0 Å². The average Bonchev–Trinajstić information content (AvgIpc) is 2.53. The van der Waals surface area contributed by atoms with E-state index in [-0.39, 0.29) is 11.5 Å². The number of benzene rings is 2. The molecule has 0 aliphatic heterocycles. The minimum absolute atomic E-state index is 0.0966. The summed E-state index contributed by atoms with van der Waals surface area (Å²) in [6.45, 7) is 2.75. The van der Waals surface area contributed by atoms with Crippen LogP contribution in [0.25, 0.3) is 0 Å². The number of sulfonamides is 1. The molecule has 0 saturated heterocycles. The van der Waals surface area contributed by atoms with Crippen LogP contribution in [0.15, 0.2) is 48.5 Å². The summed E-state index contributed by atoms with van der Waals surface area (Å²) < 4.78 is 30.3. The van der Waals surface area contributed by atoms with Crippen molar-refractivity contribution in [1.29, 1.82) is 0 Å². The van der Waals surface area contributed by atoms with Crippen molar-refractivity contribution in [2.24, 2.45) is 0 Å². The van der Waals surface area contributed by atoms with Gasteiger partial charge in [-0.05, 0) is 49.7 Å². The molecule has 0 fully saturated rings. The number of ether oxygens (including phenoxy) is 1. The second-order valence-electron chi connectivity index (χ2n) is 5.61. The molecule has 0 heterocycles. The van der Waals surface area contributed by atoms with Crippen molar-refractivity contribution < 1.29 is 22.7 Å². The molecule has 132 valence electrons. The van der Waals surface area contributed by atoms with Crippen LogP contribution in [0.4, 0.5) is 5.69 Å². The molecule has 2 aromatic rings. The van der Waals surface area contributed by atoms with Crippen LogP contribution in [-0.2, 0) is 14.8 Å². The first-order valence-electron chi connectivity index (χ1n) is 7.53. The summed E-state index contributed by atoms with van der Waals surface area (Å²) in [5, 5.41) is 0. The Morgan fingerprint density at radius 3 is 2.16 bits per heavy atom. The van der Waals surface area contributed by atoms with E-state index in [1.54, 1.807) is 43.3 Å². The summed E-state index contributed by atoms with van der Waals surface area (Å²) in [6, 6.07) is 13.0. The lowest BCUT2D eigenvalue weighted by Crippen LogP contribution is -2.37. The fraction of sp³-hybridized carbons (Fsp3) is 0.222. The van der Waals surface area contributed by atoms with E-state index in [1.807, 2.05) is 0 Å². The highest BCUT2D eigenvalue weighted by Crippen LogP contribution is 2.22. The largest absolute Gasteiger partial charge is 0.425 e. The molecule has 6 nitrogen and oxygen atoms in total. The highest BCUT2D eigenvalue weighted by Gasteiger charge is 2.23. The van der Waals surface area contributed by atoms with Gasteiger partial charge < -0.3 is 4.74 Å². The molecule has 2 aromatic carbocycles. The van der Waals surface area contributed by atoms with Crippen molar-refractivity contribution in [3.8, 4) is 5.75 Å². The van der Waals surface area contributed by atoms with Gasteiger partial charge in [0.15, 0.2) is 5.78 Å². The third-order valence-corrected chi connectivity index (χ3v) is 4.68. The molecule has 0 spiro atoms. The monoisotopic (exact) mass is 361 g/mol. The molecule has 0 aliphatic carbocycles. The zero-order chi connectivity index (χ0) is 18.6. The second kappa shape index (κ2) is 7.48. The van der Waals surface area contributed by atoms with Gasteiger partial charge in [-0.3, -0.25) is 9.10 Å². The Labute approximate surface area is 147 Å². The fourth-order valence-electron chi connectivity index (χ4n) is 2.26. The number of ketones is 1. The molecular weight excluding hydrogens is 342 g/mol. The summed E-state index contributed by atoms with van der Waals surface area (Å²) in [4.78, 5) is 23.4. The van der Waals surface area contributed by atoms with Crippen LogP contribution in [0, 0.1) is 6.92 Å². The van der Waals surface area contributed by atoms with Crippen molar-refractivity contribution >= 4 is 27.5 Å². The molecule has 7 heteroatoms. The van der Waals surface area contributed by atoms with Crippen molar-refractivity contribution in [3.05, 3.63) is 59.7 Å². The van der Waals surface area contributed by atoms with Crippen LogP contribution in [-0.4, -0.2) is 33.0 Å². The Morgan fingerprint density at radius 1 is 1.04 bits per heavy atom. The van der Waals surface area contributed by atoms with Crippen molar-refractivity contribution in [1.82, 2.24) is 0 Å². The van der Waals surface area contributed by atoms with E-state index in [4.69, 9.17) is 4.74 Å². The third-order valence-electron chi connectivity index (χ3n) is 3.55. The van der Waals surface area contributed by atoms with E-state index in [0.717, 1.165) is 16.1 Å². The van der Waals surface area contributed by atoms with E-state index in [9.17, 15) is 18.0 Å². The number of hydrogen-bond acceptors (Lipinski definition) is 5. The molecule has 0 radical (unpaired) electrons. The van der Waals surface area contributed by atoms with Crippen molar-refractivity contribution in [3.63, 3.8) is 0 Å². The van der Waals surface area contributed by atoms with Gasteiger partial charge in [-0.1, -0.05) is 18.2 Å². The van der Waals surface area contributed by atoms with Gasteiger partial charge in [0.1, 0.15) is 12.3 Å². The third kappa shape index (κ3) is 4.90. The lowest BCUT2D eigenvalue weighted by molar-refractivity contribution is -0.132. The molecule has 0 atom stereocenters. The summed E-state index contributed by atoms with van der Waals surface area (Å²) in [6.07, 6.45) is 1.04. The number of carbonyl (C=O) groups is 2. The molecule has 2 rings (SSSR count). The Hall–Kier alpha value is -2.67. The van der Waals surface area contributed by atoms with Gasteiger partial charge in [0, 0.05) is 5.56 Å². The normalized spacial score (nSPS) is 11.0. The number of rotatable bonds is 6. The van der Waals surface area contributed by atoms with Crippen LogP contribution < -0.4 is 9.04 Å². The second-order valence-corrected chi connectivity index (χ2v) is 7.52. The number of aryl methyl sites for hydroxylation is 1. The van der Waals surface area contributed by atoms with Crippen molar-refractivity contribution in [2.75, 3.05) is 17.1 Å². The number of nitrogens with zero attached hydrogens (tertiary/aromatic N) is 1. The first-order valence-corrected chi connectivity index (χ1v) is 9.38. The van der Waals surface area contributed by atoms with E-state index in [2.05, 4.69) is 0 Å². The number of anilines is 1. The Bertz CT molecular complexity index is 888. The van der Waals surface area contributed by atoms with E-state index >= 15 is 0 Å². The number of Topliss-reactive ketones (excluding diaryl/α,β-unsaturated/α-hetero) is 1. The maximum Gasteiger partial charge on any atom is 0.332 e. The molecule has 0 aromatic heterocycles. The number of esters is 1. The van der Waals surface area contributed by atoms with E-state index in [0.29, 0.717) is 11.3 Å². The topological polar surface area (TPSA) is 80.8 Å². The summed E-state index contributed by atoms with van der Waals surface area (Å²) in [5.74, 6) is -0.571. The van der Waals surface area contributed by atoms with Crippen LogP contribution in [0.5, 0.6) is 5.75 Å². The van der Waals surface area contributed by atoms with Gasteiger partial charge in [0.05, 0.1) is 11.9 Å². The predicted molar refractivity (Wildman–Crippen MR) is 95.5 cm³/mol. The minimum Gasteiger partial charge on any atom is -0.425 e. The molecule has 25 heavy (non-hydrogen) atoms. The molecule has 0 saturated carbocycles.